The predicted molar refractivity (Wildman–Crippen MR) is 68.3 cm³/mol. The Bertz CT molecular complexity index is 190. The van der Waals surface area contributed by atoms with Crippen LogP contribution < -0.4 is 0 Å². The summed E-state index contributed by atoms with van der Waals surface area (Å²) in [7, 11) is 0. The summed E-state index contributed by atoms with van der Waals surface area (Å²) < 4.78 is 11.7. The minimum absolute atomic E-state index is 1.41. The monoisotopic (exact) mass is 396 g/mol. The van der Waals surface area contributed by atoms with E-state index in [1.807, 2.05) is 0 Å². The number of rotatable bonds is 3. The van der Waals surface area contributed by atoms with Crippen LogP contribution in [-0.4, -0.2) is 36.8 Å². The van der Waals surface area contributed by atoms with Crippen molar-refractivity contribution in [3.63, 3.8) is 0 Å². The van der Waals surface area contributed by atoms with Gasteiger partial charge in [-0.15, -0.1) is 0 Å². The average molecular weight is 394 g/mol. The molecule has 0 N–H and O–H groups in total. The SMILES string of the molecule is C[CH2][Sn]([C]#[C][Sn]([CH3])([CH3])[CH3])([CH2]C)[CH2]C. The molecule has 0 aromatic rings. The molecule has 0 aromatic heterocycles. The van der Waals surface area contributed by atoms with Crippen LogP contribution in [0.5, 0.6) is 0 Å². The van der Waals surface area contributed by atoms with E-state index in [-0.39, 0.29) is 0 Å². The van der Waals surface area contributed by atoms with Gasteiger partial charge in [-0.1, -0.05) is 0 Å². The Morgan fingerprint density at radius 2 is 1.15 bits per heavy atom. The van der Waals surface area contributed by atoms with Gasteiger partial charge in [0, 0.05) is 0 Å². The summed E-state index contributed by atoms with van der Waals surface area (Å²) in [6, 6.07) is 0. The van der Waals surface area contributed by atoms with Crippen LogP contribution in [0, 0.1) is 7.87 Å². The van der Waals surface area contributed by atoms with Crippen molar-refractivity contribution in [3.05, 3.63) is 0 Å². The molecule has 0 saturated heterocycles. The molecule has 0 bridgehead atoms. The molecule has 0 nitrogen and oxygen atoms in total. The summed E-state index contributed by atoms with van der Waals surface area (Å²) in [6.45, 7) is 7.07. The Balaban J connectivity index is 4.66. The van der Waals surface area contributed by atoms with Gasteiger partial charge < -0.3 is 0 Å². The quantitative estimate of drug-likeness (QED) is 0.504. The fourth-order valence-electron chi connectivity index (χ4n) is 1.34. The third-order valence-corrected chi connectivity index (χ3v) is 20.7. The molecule has 0 saturated carbocycles. The van der Waals surface area contributed by atoms with Gasteiger partial charge in [0.15, 0.2) is 0 Å². The van der Waals surface area contributed by atoms with Gasteiger partial charge in [0.05, 0.1) is 0 Å². The van der Waals surface area contributed by atoms with Crippen molar-refractivity contribution in [2.75, 3.05) is 0 Å². The summed E-state index contributed by atoms with van der Waals surface area (Å²) >= 11 is -3.68. The van der Waals surface area contributed by atoms with E-state index in [2.05, 4.69) is 43.5 Å². The van der Waals surface area contributed by atoms with Gasteiger partial charge in [0.2, 0.25) is 0 Å². The van der Waals surface area contributed by atoms with Crippen LogP contribution in [-0.2, 0) is 0 Å². The van der Waals surface area contributed by atoms with Gasteiger partial charge in [-0.25, -0.2) is 0 Å². The molecule has 0 radical (unpaired) electrons. The van der Waals surface area contributed by atoms with E-state index in [0.717, 1.165) is 0 Å². The van der Waals surface area contributed by atoms with Crippen LogP contribution in [0.1, 0.15) is 20.8 Å². The zero-order chi connectivity index (χ0) is 10.5. The van der Waals surface area contributed by atoms with Crippen LogP contribution in [0.25, 0.3) is 0 Å². The van der Waals surface area contributed by atoms with Crippen molar-refractivity contribution in [2.24, 2.45) is 0 Å². The molecule has 0 rings (SSSR count). The van der Waals surface area contributed by atoms with E-state index in [0.29, 0.717) is 0 Å². The Morgan fingerprint density at radius 3 is 1.38 bits per heavy atom. The van der Waals surface area contributed by atoms with Crippen LogP contribution in [0.4, 0.5) is 0 Å². The molecule has 76 valence electrons. The fraction of sp³-hybridized carbons (Fsp3) is 0.818. The maximum atomic E-state index is 3.78. The molecule has 0 fully saturated rings. The van der Waals surface area contributed by atoms with Crippen molar-refractivity contribution < 1.29 is 0 Å². The molecule has 13 heavy (non-hydrogen) atoms. The Hall–Kier alpha value is 1.16. The molecule has 0 aliphatic heterocycles. The zero-order valence-corrected chi connectivity index (χ0v) is 15.8. The molecule has 0 aliphatic carbocycles. The van der Waals surface area contributed by atoms with Gasteiger partial charge in [-0.3, -0.25) is 0 Å². The second kappa shape index (κ2) is 5.90. The number of hydrogen-bond acceptors (Lipinski definition) is 0. The van der Waals surface area contributed by atoms with Crippen LogP contribution in [0.15, 0.2) is 0 Å². The second-order valence-electron chi connectivity index (χ2n) is 4.84. The Kier molecular flexibility index (Phi) is 6.42. The first kappa shape index (κ1) is 14.2. The van der Waals surface area contributed by atoms with Crippen molar-refractivity contribution in [1.29, 1.82) is 0 Å². The maximum absolute atomic E-state index is 3.78. The van der Waals surface area contributed by atoms with Gasteiger partial charge in [-0.05, 0) is 0 Å². The van der Waals surface area contributed by atoms with Crippen molar-refractivity contribution >= 4 is 36.8 Å². The third-order valence-electron chi connectivity index (χ3n) is 2.73. The van der Waals surface area contributed by atoms with Crippen LogP contribution in [0.3, 0.4) is 0 Å². The first-order valence-corrected chi connectivity index (χ1v) is 22.9. The molecule has 0 aromatic carbocycles. The average Bonchev–Trinajstić information content (AvgIpc) is 2.06. The fourth-order valence-corrected chi connectivity index (χ4v) is 21.2. The van der Waals surface area contributed by atoms with Crippen molar-refractivity contribution in [2.45, 2.75) is 48.9 Å². The van der Waals surface area contributed by atoms with E-state index < -0.39 is 36.8 Å². The first-order valence-electron chi connectivity index (χ1n) is 5.43. The standard InChI is InChI=1S/3C2H5.C2.3CH3.2Sn/c4*1-2;;;;;/h3*1H2,2H3;;3*1H3;;. The molecule has 0 heterocycles. The normalized spacial score (nSPS) is 12.2. The summed E-state index contributed by atoms with van der Waals surface area (Å²) in [5.41, 5.74) is 0. The topological polar surface area (TPSA) is 0 Å². The summed E-state index contributed by atoms with van der Waals surface area (Å²) in [4.78, 5) is 7.25. The Morgan fingerprint density at radius 1 is 0.769 bits per heavy atom. The first-order chi connectivity index (χ1) is 5.89. The Labute approximate surface area is 92.6 Å². The molecular weight excluding hydrogens is 370 g/mol. The number of hydrogen-bond donors (Lipinski definition) is 0. The van der Waals surface area contributed by atoms with Gasteiger partial charge in [0.1, 0.15) is 0 Å². The van der Waals surface area contributed by atoms with Gasteiger partial charge >= 0.3 is 93.5 Å². The van der Waals surface area contributed by atoms with E-state index >= 15 is 0 Å². The summed E-state index contributed by atoms with van der Waals surface area (Å²) in [6.07, 6.45) is 0. The molecule has 0 atom stereocenters. The zero-order valence-electron chi connectivity index (χ0n) is 10.1. The van der Waals surface area contributed by atoms with E-state index in [4.69, 9.17) is 0 Å². The van der Waals surface area contributed by atoms with Gasteiger partial charge in [-0.2, -0.15) is 0 Å². The van der Waals surface area contributed by atoms with E-state index in [9.17, 15) is 0 Å². The third kappa shape index (κ3) is 5.56. The van der Waals surface area contributed by atoms with E-state index in [1.54, 1.807) is 0 Å². The second-order valence-corrected chi connectivity index (χ2v) is 32.5. The minimum atomic E-state index is -1.88. The predicted octanol–water partition coefficient (Wildman–Crippen LogP) is 3.91. The molecular formula is C11H24Sn2. The van der Waals surface area contributed by atoms with Gasteiger partial charge in [0.25, 0.3) is 0 Å². The van der Waals surface area contributed by atoms with Crippen LogP contribution in [0.2, 0.25) is 28.1 Å². The van der Waals surface area contributed by atoms with Crippen molar-refractivity contribution in [1.82, 2.24) is 0 Å². The molecule has 0 amide bonds. The summed E-state index contributed by atoms with van der Waals surface area (Å²) in [5.74, 6) is 0. The summed E-state index contributed by atoms with van der Waals surface area (Å²) in [5, 5.41) is 0. The molecule has 2 heteroatoms. The van der Waals surface area contributed by atoms with Crippen molar-refractivity contribution in [3.8, 4) is 7.87 Å². The van der Waals surface area contributed by atoms with E-state index in [1.165, 1.54) is 13.3 Å². The van der Waals surface area contributed by atoms with Crippen LogP contribution >= 0.6 is 0 Å². The molecule has 0 aliphatic rings. The molecule has 0 spiro atoms. The molecule has 0 unspecified atom stereocenters.